The van der Waals surface area contributed by atoms with Gasteiger partial charge in [-0.1, -0.05) is 0 Å². The Morgan fingerprint density at radius 1 is 1.42 bits per heavy atom. The van der Waals surface area contributed by atoms with Gasteiger partial charge in [0.2, 0.25) is 0 Å². The molecule has 0 aliphatic heterocycles. The lowest BCUT2D eigenvalue weighted by atomic mass is 10.1. The molecule has 0 saturated carbocycles. The summed E-state index contributed by atoms with van der Waals surface area (Å²) in [5.74, 6) is 0. The van der Waals surface area contributed by atoms with Crippen LogP contribution < -0.4 is 5.32 Å². The fourth-order valence-electron chi connectivity index (χ4n) is 1.25. The molecule has 1 rings (SSSR count). The third-order valence-corrected chi connectivity index (χ3v) is 2.39. The van der Waals surface area contributed by atoms with Crippen molar-refractivity contribution in [3.8, 4) is 0 Å². The van der Waals surface area contributed by atoms with Crippen LogP contribution in [0.3, 0.4) is 0 Å². The van der Waals surface area contributed by atoms with Gasteiger partial charge in [-0.2, -0.15) is 11.3 Å². The first kappa shape index (κ1) is 9.75. The monoisotopic (exact) mass is 183 g/mol. The third kappa shape index (κ3) is 2.95. The molecule has 0 bridgehead atoms. The molecule has 0 saturated heterocycles. The predicted octanol–water partition coefficient (Wildman–Crippen LogP) is 3.20. The molecule has 1 aromatic rings. The van der Waals surface area contributed by atoms with Crippen LogP contribution in [0, 0.1) is 0 Å². The molecule has 0 aliphatic carbocycles. The van der Waals surface area contributed by atoms with Crippen molar-refractivity contribution in [2.75, 3.05) is 0 Å². The molecule has 0 amide bonds. The minimum atomic E-state index is 0.196. The van der Waals surface area contributed by atoms with Crippen LogP contribution in [0.5, 0.6) is 0 Å². The zero-order chi connectivity index (χ0) is 9.19. The van der Waals surface area contributed by atoms with Crippen molar-refractivity contribution in [2.45, 2.75) is 39.3 Å². The maximum absolute atomic E-state index is 3.53. The van der Waals surface area contributed by atoms with Crippen molar-refractivity contribution in [3.05, 3.63) is 22.4 Å². The molecule has 0 aromatic carbocycles. The van der Waals surface area contributed by atoms with Gasteiger partial charge in [0.1, 0.15) is 0 Å². The summed E-state index contributed by atoms with van der Waals surface area (Å²) in [6, 6.07) is 2.63. The summed E-state index contributed by atoms with van der Waals surface area (Å²) >= 11 is 1.75. The second-order valence-corrected chi connectivity index (χ2v) is 4.95. The van der Waals surface area contributed by atoms with E-state index in [9.17, 15) is 0 Å². The summed E-state index contributed by atoms with van der Waals surface area (Å²) < 4.78 is 0. The van der Waals surface area contributed by atoms with Gasteiger partial charge in [0.05, 0.1) is 0 Å². The Kier molecular flexibility index (Phi) is 2.91. The lowest BCUT2D eigenvalue weighted by Crippen LogP contribution is -2.37. The highest BCUT2D eigenvalue weighted by Gasteiger charge is 2.14. The van der Waals surface area contributed by atoms with Crippen LogP contribution in [0.15, 0.2) is 16.8 Å². The fourth-order valence-corrected chi connectivity index (χ4v) is 2.01. The van der Waals surface area contributed by atoms with Gasteiger partial charge in [-0.15, -0.1) is 0 Å². The molecule has 0 fully saturated rings. The van der Waals surface area contributed by atoms with E-state index < -0.39 is 0 Å². The van der Waals surface area contributed by atoms with Gasteiger partial charge in [-0.25, -0.2) is 0 Å². The van der Waals surface area contributed by atoms with Gasteiger partial charge >= 0.3 is 0 Å². The van der Waals surface area contributed by atoms with Crippen LogP contribution in [0.2, 0.25) is 0 Å². The van der Waals surface area contributed by atoms with E-state index in [-0.39, 0.29) is 5.54 Å². The summed E-state index contributed by atoms with van der Waals surface area (Å²) in [5.41, 5.74) is 1.58. The van der Waals surface area contributed by atoms with Crippen LogP contribution in [0.25, 0.3) is 0 Å². The fraction of sp³-hybridized carbons (Fsp3) is 0.600. The molecule has 68 valence electrons. The SMILES string of the molecule is CC(NC(C)(C)C)c1ccsc1. The van der Waals surface area contributed by atoms with Gasteiger partial charge in [0.25, 0.3) is 0 Å². The Labute approximate surface area is 78.8 Å². The van der Waals surface area contributed by atoms with Crippen molar-refractivity contribution in [1.82, 2.24) is 5.32 Å². The average Bonchev–Trinajstić information content (AvgIpc) is 2.32. The van der Waals surface area contributed by atoms with Crippen LogP contribution in [-0.2, 0) is 0 Å². The third-order valence-electron chi connectivity index (χ3n) is 1.69. The first-order valence-corrected chi connectivity index (χ1v) is 5.23. The Morgan fingerprint density at radius 2 is 2.08 bits per heavy atom. The quantitative estimate of drug-likeness (QED) is 0.742. The van der Waals surface area contributed by atoms with E-state index in [1.165, 1.54) is 5.56 Å². The Morgan fingerprint density at radius 3 is 2.50 bits per heavy atom. The lowest BCUT2D eigenvalue weighted by Gasteiger charge is -2.25. The van der Waals surface area contributed by atoms with E-state index >= 15 is 0 Å². The molecule has 12 heavy (non-hydrogen) atoms. The molecule has 0 spiro atoms. The number of rotatable bonds is 2. The molecule has 0 aliphatic rings. The number of hydrogen-bond donors (Lipinski definition) is 1. The highest BCUT2D eigenvalue weighted by molar-refractivity contribution is 7.07. The molecule has 1 unspecified atom stereocenters. The molecule has 1 nitrogen and oxygen atoms in total. The Balaban J connectivity index is 2.56. The minimum absolute atomic E-state index is 0.196. The normalized spacial score (nSPS) is 14.7. The van der Waals surface area contributed by atoms with Crippen molar-refractivity contribution in [1.29, 1.82) is 0 Å². The number of hydrogen-bond acceptors (Lipinski definition) is 2. The zero-order valence-electron chi connectivity index (χ0n) is 8.22. The molecule has 1 aromatic heterocycles. The van der Waals surface area contributed by atoms with E-state index in [1.54, 1.807) is 11.3 Å². The summed E-state index contributed by atoms with van der Waals surface area (Å²) in [7, 11) is 0. The van der Waals surface area contributed by atoms with Gasteiger partial charge < -0.3 is 5.32 Å². The zero-order valence-corrected chi connectivity index (χ0v) is 9.03. The molecule has 0 radical (unpaired) electrons. The summed E-state index contributed by atoms with van der Waals surface area (Å²) in [6.07, 6.45) is 0. The van der Waals surface area contributed by atoms with E-state index in [2.05, 4.69) is 49.8 Å². The first-order chi connectivity index (χ1) is 5.49. The van der Waals surface area contributed by atoms with Crippen molar-refractivity contribution in [2.24, 2.45) is 0 Å². The first-order valence-electron chi connectivity index (χ1n) is 4.29. The predicted molar refractivity (Wildman–Crippen MR) is 55.6 cm³/mol. The molecule has 1 heterocycles. The van der Waals surface area contributed by atoms with Gasteiger partial charge in [-0.05, 0) is 50.1 Å². The second-order valence-electron chi connectivity index (χ2n) is 4.17. The highest BCUT2D eigenvalue weighted by Crippen LogP contribution is 2.18. The van der Waals surface area contributed by atoms with Crippen molar-refractivity contribution >= 4 is 11.3 Å². The maximum Gasteiger partial charge on any atom is 0.0304 e. The number of nitrogens with one attached hydrogen (secondary N) is 1. The van der Waals surface area contributed by atoms with Gasteiger partial charge in [0, 0.05) is 11.6 Å². The summed E-state index contributed by atoms with van der Waals surface area (Å²) in [4.78, 5) is 0. The van der Waals surface area contributed by atoms with Crippen LogP contribution in [0.1, 0.15) is 39.3 Å². The van der Waals surface area contributed by atoms with Crippen molar-refractivity contribution in [3.63, 3.8) is 0 Å². The summed E-state index contributed by atoms with van der Waals surface area (Å²) in [6.45, 7) is 8.77. The topological polar surface area (TPSA) is 12.0 Å². The molecular weight excluding hydrogens is 166 g/mol. The average molecular weight is 183 g/mol. The van der Waals surface area contributed by atoms with Crippen LogP contribution in [0.4, 0.5) is 0 Å². The van der Waals surface area contributed by atoms with Gasteiger partial charge in [-0.3, -0.25) is 0 Å². The van der Waals surface area contributed by atoms with E-state index in [1.807, 2.05) is 0 Å². The summed E-state index contributed by atoms with van der Waals surface area (Å²) in [5, 5.41) is 7.85. The Hall–Kier alpha value is -0.340. The Bertz CT molecular complexity index is 220. The van der Waals surface area contributed by atoms with E-state index in [0.29, 0.717) is 6.04 Å². The smallest absolute Gasteiger partial charge is 0.0304 e. The maximum atomic E-state index is 3.53. The second kappa shape index (κ2) is 3.58. The van der Waals surface area contributed by atoms with E-state index in [4.69, 9.17) is 0 Å². The molecule has 1 N–H and O–H groups in total. The molecule has 2 heteroatoms. The minimum Gasteiger partial charge on any atom is -0.306 e. The molecular formula is C10H17NS. The van der Waals surface area contributed by atoms with Crippen molar-refractivity contribution < 1.29 is 0 Å². The largest absolute Gasteiger partial charge is 0.306 e. The highest BCUT2D eigenvalue weighted by atomic mass is 32.1. The number of thiophene rings is 1. The molecule has 1 atom stereocenters. The standard InChI is InChI=1S/C10H17NS/c1-8(11-10(2,3)4)9-5-6-12-7-9/h5-8,11H,1-4H3. The van der Waals surface area contributed by atoms with Crippen LogP contribution in [-0.4, -0.2) is 5.54 Å². The van der Waals surface area contributed by atoms with E-state index in [0.717, 1.165) is 0 Å². The lowest BCUT2D eigenvalue weighted by molar-refractivity contribution is 0.378. The van der Waals surface area contributed by atoms with Crippen LogP contribution >= 0.6 is 11.3 Å². The van der Waals surface area contributed by atoms with Gasteiger partial charge in [0.15, 0.2) is 0 Å².